The predicted molar refractivity (Wildman–Crippen MR) is 71.6 cm³/mol. The second kappa shape index (κ2) is 5.85. The van der Waals surface area contributed by atoms with E-state index in [9.17, 15) is 4.79 Å². The van der Waals surface area contributed by atoms with Crippen molar-refractivity contribution in [3.63, 3.8) is 0 Å². The lowest BCUT2D eigenvalue weighted by atomic mass is 9.84. The van der Waals surface area contributed by atoms with Gasteiger partial charge in [0.1, 0.15) is 0 Å². The molecule has 0 aromatic heterocycles. The van der Waals surface area contributed by atoms with Crippen molar-refractivity contribution < 1.29 is 4.79 Å². The van der Waals surface area contributed by atoms with Crippen molar-refractivity contribution in [1.29, 1.82) is 0 Å². The van der Waals surface area contributed by atoms with Gasteiger partial charge in [-0.25, -0.2) is 0 Å². The normalized spacial score (nSPS) is 26.9. The molecule has 1 aliphatic rings. The van der Waals surface area contributed by atoms with Gasteiger partial charge in [0.15, 0.2) is 0 Å². The smallest absolute Gasteiger partial charge is 0.223 e. The quantitative estimate of drug-likeness (QED) is 0.792. The standard InChI is InChI=1S/C14H28N2O/c1-10-6-5-7-11(10)13(17)16-12(8-9-15)14(2,3)4/h10-12H,5-9,15H2,1-4H3,(H,16,17). The number of nitrogens with two attached hydrogens (primary N) is 1. The lowest BCUT2D eigenvalue weighted by Crippen LogP contribution is -2.47. The molecule has 1 amide bonds. The molecule has 0 spiro atoms. The summed E-state index contributed by atoms with van der Waals surface area (Å²) in [6.45, 7) is 9.29. The van der Waals surface area contributed by atoms with Gasteiger partial charge in [-0.05, 0) is 37.1 Å². The molecule has 3 N–H and O–H groups in total. The number of carbonyl (C=O) groups excluding carboxylic acids is 1. The molecule has 100 valence electrons. The van der Waals surface area contributed by atoms with Crippen LogP contribution in [0.25, 0.3) is 0 Å². The van der Waals surface area contributed by atoms with Crippen LogP contribution in [0.15, 0.2) is 0 Å². The predicted octanol–water partition coefficient (Wildman–Crippen LogP) is 2.30. The zero-order valence-corrected chi connectivity index (χ0v) is 11.8. The Labute approximate surface area is 106 Å². The fourth-order valence-electron chi connectivity index (χ4n) is 2.70. The number of hydrogen-bond donors (Lipinski definition) is 2. The second-order valence-corrected chi connectivity index (χ2v) is 6.52. The van der Waals surface area contributed by atoms with Gasteiger partial charge in [0.2, 0.25) is 5.91 Å². The zero-order valence-electron chi connectivity index (χ0n) is 11.8. The number of amides is 1. The highest BCUT2D eigenvalue weighted by molar-refractivity contribution is 5.79. The third-order valence-corrected chi connectivity index (χ3v) is 4.02. The molecule has 1 aliphatic carbocycles. The van der Waals surface area contributed by atoms with Gasteiger partial charge >= 0.3 is 0 Å². The van der Waals surface area contributed by atoms with E-state index >= 15 is 0 Å². The van der Waals surface area contributed by atoms with Crippen LogP contribution in [0.4, 0.5) is 0 Å². The molecule has 0 heterocycles. The van der Waals surface area contributed by atoms with Crippen molar-refractivity contribution in [3.05, 3.63) is 0 Å². The van der Waals surface area contributed by atoms with Gasteiger partial charge in [-0.1, -0.05) is 34.1 Å². The molecule has 17 heavy (non-hydrogen) atoms. The van der Waals surface area contributed by atoms with E-state index in [4.69, 9.17) is 5.73 Å². The molecule has 0 bridgehead atoms. The molecule has 0 aliphatic heterocycles. The van der Waals surface area contributed by atoms with E-state index in [1.165, 1.54) is 12.8 Å². The van der Waals surface area contributed by atoms with Crippen LogP contribution < -0.4 is 11.1 Å². The summed E-state index contributed by atoms with van der Waals surface area (Å²) >= 11 is 0. The van der Waals surface area contributed by atoms with E-state index in [0.29, 0.717) is 12.5 Å². The minimum atomic E-state index is 0.0802. The van der Waals surface area contributed by atoms with Gasteiger partial charge < -0.3 is 11.1 Å². The molecular weight excluding hydrogens is 212 g/mol. The Morgan fingerprint density at radius 1 is 1.41 bits per heavy atom. The Balaban J connectivity index is 2.57. The highest BCUT2D eigenvalue weighted by Crippen LogP contribution is 2.32. The lowest BCUT2D eigenvalue weighted by molar-refractivity contribution is -0.127. The van der Waals surface area contributed by atoms with Crippen molar-refractivity contribution in [1.82, 2.24) is 5.32 Å². The first-order valence-corrected chi connectivity index (χ1v) is 6.86. The first kappa shape index (κ1) is 14.5. The molecule has 0 saturated heterocycles. The fraction of sp³-hybridized carbons (Fsp3) is 0.929. The number of carbonyl (C=O) groups is 1. The van der Waals surface area contributed by atoms with Crippen molar-refractivity contribution >= 4 is 5.91 Å². The Hall–Kier alpha value is -0.570. The molecular formula is C14H28N2O. The van der Waals surface area contributed by atoms with E-state index < -0.39 is 0 Å². The van der Waals surface area contributed by atoms with Crippen LogP contribution >= 0.6 is 0 Å². The van der Waals surface area contributed by atoms with Crippen LogP contribution in [0.2, 0.25) is 0 Å². The summed E-state index contributed by atoms with van der Waals surface area (Å²) in [5.74, 6) is 0.995. The average Bonchev–Trinajstić information content (AvgIpc) is 2.62. The van der Waals surface area contributed by atoms with Crippen LogP contribution in [0.1, 0.15) is 53.4 Å². The van der Waals surface area contributed by atoms with Crippen LogP contribution in [0.3, 0.4) is 0 Å². The Kier molecular flexibility index (Phi) is 4.99. The van der Waals surface area contributed by atoms with Crippen molar-refractivity contribution in [2.24, 2.45) is 23.0 Å². The maximum absolute atomic E-state index is 12.2. The zero-order chi connectivity index (χ0) is 13.1. The molecule has 3 atom stereocenters. The first-order chi connectivity index (χ1) is 7.86. The SMILES string of the molecule is CC1CCCC1C(=O)NC(CCN)C(C)(C)C. The summed E-state index contributed by atoms with van der Waals surface area (Å²) in [5, 5.41) is 3.21. The summed E-state index contributed by atoms with van der Waals surface area (Å²) in [4.78, 5) is 12.2. The molecule has 0 aromatic carbocycles. The van der Waals surface area contributed by atoms with Gasteiger partial charge in [-0.2, -0.15) is 0 Å². The molecule has 3 heteroatoms. The Bertz CT molecular complexity index is 257. The summed E-state index contributed by atoms with van der Waals surface area (Å²) in [6, 6.07) is 0.188. The largest absolute Gasteiger partial charge is 0.353 e. The maximum Gasteiger partial charge on any atom is 0.223 e. The van der Waals surface area contributed by atoms with Gasteiger partial charge in [-0.3, -0.25) is 4.79 Å². The molecule has 0 radical (unpaired) electrons. The lowest BCUT2D eigenvalue weighted by Gasteiger charge is -2.32. The Morgan fingerprint density at radius 2 is 2.06 bits per heavy atom. The topological polar surface area (TPSA) is 55.1 Å². The third kappa shape index (κ3) is 3.98. The van der Waals surface area contributed by atoms with E-state index in [-0.39, 0.29) is 23.3 Å². The van der Waals surface area contributed by atoms with Gasteiger partial charge in [0, 0.05) is 12.0 Å². The van der Waals surface area contributed by atoms with Crippen LogP contribution in [-0.2, 0) is 4.79 Å². The summed E-state index contributed by atoms with van der Waals surface area (Å²) in [7, 11) is 0. The highest BCUT2D eigenvalue weighted by Gasteiger charge is 2.33. The number of rotatable bonds is 4. The summed E-state index contributed by atoms with van der Waals surface area (Å²) in [6.07, 6.45) is 4.29. The molecule has 1 saturated carbocycles. The molecule has 3 unspecified atom stereocenters. The first-order valence-electron chi connectivity index (χ1n) is 6.86. The minimum Gasteiger partial charge on any atom is -0.353 e. The van der Waals surface area contributed by atoms with Gasteiger partial charge in [0.25, 0.3) is 0 Å². The van der Waals surface area contributed by atoms with E-state index in [2.05, 4.69) is 33.0 Å². The van der Waals surface area contributed by atoms with E-state index in [1.54, 1.807) is 0 Å². The number of hydrogen-bond acceptors (Lipinski definition) is 2. The summed E-state index contributed by atoms with van der Waals surface area (Å²) in [5.41, 5.74) is 5.71. The van der Waals surface area contributed by atoms with Gasteiger partial charge in [-0.15, -0.1) is 0 Å². The third-order valence-electron chi connectivity index (χ3n) is 4.02. The van der Waals surface area contributed by atoms with Crippen molar-refractivity contribution in [2.75, 3.05) is 6.54 Å². The van der Waals surface area contributed by atoms with Crippen LogP contribution in [0.5, 0.6) is 0 Å². The monoisotopic (exact) mass is 240 g/mol. The molecule has 1 rings (SSSR count). The Morgan fingerprint density at radius 3 is 2.47 bits per heavy atom. The fourth-order valence-corrected chi connectivity index (χ4v) is 2.70. The van der Waals surface area contributed by atoms with Crippen molar-refractivity contribution in [2.45, 2.75) is 59.4 Å². The van der Waals surface area contributed by atoms with Gasteiger partial charge in [0.05, 0.1) is 0 Å². The number of nitrogens with one attached hydrogen (secondary N) is 1. The maximum atomic E-state index is 12.2. The van der Waals surface area contributed by atoms with Crippen LogP contribution in [-0.4, -0.2) is 18.5 Å². The minimum absolute atomic E-state index is 0.0802. The summed E-state index contributed by atoms with van der Waals surface area (Å²) < 4.78 is 0. The molecule has 1 fully saturated rings. The second-order valence-electron chi connectivity index (χ2n) is 6.52. The highest BCUT2D eigenvalue weighted by atomic mass is 16.2. The van der Waals surface area contributed by atoms with E-state index in [1.807, 2.05) is 0 Å². The van der Waals surface area contributed by atoms with Crippen LogP contribution in [0, 0.1) is 17.3 Å². The molecule has 3 nitrogen and oxygen atoms in total. The average molecular weight is 240 g/mol. The van der Waals surface area contributed by atoms with Crippen molar-refractivity contribution in [3.8, 4) is 0 Å². The molecule has 0 aromatic rings. The van der Waals surface area contributed by atoms with E-state index in [0.717, 1.165) is 12.8 Å².